The van der Waals surface area contributed by atoms with Gasteiger partial charge < -0.3 is 9.32 Å². The van der Waals surface area contributed by atoms with Crippen molar-refractivity contribution in [1.82, 2.24) is 0 Å². The Kier molecular flexibility index (Phi) is 4.42. The Morgan fingerprint density at radius 2 is 1.71 bits per heavy atom. The third-order valence-electron chi connectivity index (χ3n) is 3.59. The van der Waals surface area contributed by atoms with E-state index in [2.05, 4.69) is 0 Å². The molecule has 1 heterocycles. The lowest BCUT2D eigenvalue weighted by Crippen LogP contribution is -2.30. The molecule has 1 amide bonds. The van der Waals surface area contributed by atoms with Crippen LogP contribution in [0.1, 0.15) is 21.7 Å². The number of benzene rings is 2. The van der Waals surface area contributed by atoms with E-state index in [4.69, 9.17) is 4.42 Å². The van der Waals surface area contributed by atoms with Crippen LogP contribution in [-0.2, 0) is 6.54 Å². The van der Waals surface area contributed by atoms with Crippen LogP contribution in [-0.4, -0.2) is 5.91 Å². The fourth-order valence-corrected chi connectivity index (χ4v) is 2.40. The first-order chi connectivity index (χ1) is 11.5. The zero-order chi connectivity index (χ0) is 17.1. The van der Waals surface area contributed by atoms with Crippen LogP contribution in [0.2, 0.25) is 0 Å². The summed E-state index contributed by atoms with van der Waals surface area (Å²) in [6.07, 6.45) is 1.51. The Balaban J connectivity index is 1.99. The minimum Gasteiger partial charge on any atom is -0.467 e. The van der Waals surface area contributed by atoms with Crippen molar-refractivity contribution in [3.05, 3.63) is 89.4 Å². The molecule has 0 unspecified atom stereocenters. The molecule has 122 valence electrons. The normalized spacial score (nSPS) is 10.6. The number of rotatable bonds is 4. The summed E-state index contributed by atoms with van der Waals surface area (Å²) in [5, 5.41) is 0. The molecular weight excluding hydrogens is 312 g/mol. The van der Waals surface area contributed by atoms with E-state index in [1.165, 1.54) is 11.2 Å². The molecule has 0 N–H and O–H groups in total. The first-order valence-electron chi connectivity index (χ1n) is 7.40. The third-order valence-corrected chi connectivity index (χ3v) is 3.59. The van der Waals surface area contributed by atoms with Crippen molar-refractivity contribution in [2.75, 3.05) is 4.90 Å². The van der Waals surface area contributed by atoms with E-state index in [1.54, 1.807) is 24.3 Å². The average Bonchev–Trinajstić information content (AvgIpc) is 3.05. The van der Waals surface area contributed by atoms with E-state index in [0.717, 1.165) is 23.8 Å². The molecule has 0 atom stereocenters. The first-order valence-corrected chi connectivity index (χ1v) is 7.40. The van der Waals surface area contributed by atoms with Crippen LogP contribution >= 0.6 is 0 Å². The van der Waals surface area contributed by atoms with E-state index in [9.17, 15) is 13.6 Å². The third kappa shape index (κ3) is 3.51. The van der Waals surface area contributed by atoms with Crippen molar-refractivity contribution < 1.29 is 18.0 Å². The highest BCUT2D eigenvalue weighted by Crippen LogP contribution is 2.22. The maximum absolute atomic E-state index is 13.5. The minimum absolute atomic E-state index is 0.0559. The lowest BCUT2D eigenvalue weighted by Gasteiger charge is -2.22. The van der Waals surface area contributed by atoms with E-state index in [1.807, 2.05) is 19.1 Å². The van der Waals surface area contributed by atoms with Gasteiger partial charge in [0.2, 0.25) is 0 Å². The number of carbonyl (C=O) groups excluding carboxylic acids is 1. The Hall–Kier alpha value is -2.95. The highest BCUT2D eigenvalue weighted by atomic mass is 19.1. The molecule has 1 aromatic heterocycles. The lowest BCUT2D eigenvalue weighted by molar-refractivity contribution is 0.0982. The number of anilines is 1. The Morgan fingerprint density at radius 1 is 1.04 bits per heavy atom. The number of furan rings is 1. The van der Waals surface area contributed by atoms with Gasteiger partial charge in [-0.2, -0.15) is 0 Å². The van der Waals surface area contributed by atoms with Gasteiger partial charge in [-0.1, -0.05) is 17.7 Å². The summed E-state index contributed by atoms with van der Waals surface area (Å²) < 4.78 is 32.2. The number of nitrogens with zero attached hydrogens (tertiary/aromatic N) is 1. The molecule has 5 heteroatoms. The summed E-state index contributed by atoms with van der Waals surface area (Å²) in [6, 6.07) is 13.5. The highest BCUT2D eigenvalue weighted by Gasteiger charge is 2.20. The van der Waals surface area contributed by atoms with Crippen LogP contribution in [0.5, 0.6) is 0 Å². The molecule has 0 aliphatic heterocycles. The van der Waals surface area contributed by atoms with Crippen molar-refractivity contribution in [2.45, 2.75) is 13.5 Å². The van der Waals surface area contributed by atoms with Crippen molar-refractivity contribution in [1.29, 1.82) is 0 Å². The summed E-state index contributed by atoms with van der Waals surface area (Å²) in [4.78, 5) is 14.2. The number of aryl methyl sites for hydroxylation is 1. The molecule has 0 bridgehead atoms. The monoisotopic (exact) mass is 327 g/mol. The maximum atomic E-state index is 13.5. The van der Waals surface area contributed by atoms with Gasteiger partial charge in [-0.05, 0) is 43.3 Å². The predicted octanol–water partition coefficient (Wildman–Crippen LogP) is 4.71. The molecule has 3 nitrogen and oxygen atoms in total. The van der Waals surface area contributed by atoms with Gasteiger partial charge in [-0.3, -0.25) is 4.79 Å². The summed E-state index contributed by atoms with van der Waals surface area (Å²) in [6.45, 7) is 2.09. The topological polar surface area (TPSA) is 33.5 Å². The molecule has 24 heavy (non-hydrogen) atoms. The van der Waals surface area contributed by atoms with E-state index in [0.29, 0.717) is 11.4 Å². The average molecular weight is 327 g/mol. The summed E-state index contributed by atoms with van der Waals surface area (Å²) in [7, 11) is 0. The quantitative estimate of drug-likeness (QED) is 0.695. The Morgan fingerprint density at radius 3 is 2.29 bits per heavy atom. The van der Waals surface area contributed by atoms with Crippen LogP contribution in [0.3, 0.4) is 0 Å². The van der Waals surface area contributed by atoms with Crippen LogP contribution in [0.25, 0.3) is 0 Å². The molecule has 3 rings (SSSR count). The second kappa shape index (κ2) is 6.66. The number of amides is 1. The SMILES string of the molecule is Cc1ccc(N(Cc2ccco2)C(=O)c2cc(F)cc(F)c2)cc1. The van der Waals surface area contributed by atoms with Gasteiger partial charge in [-0.15, -0.1) is 0 Å². The van der Waals surface area contributed by atoms with Crippen LogP contribution in [0.4, 0.5) is 14.5 Å². The fraction of sp³-hybridized carbons (Fsp3) is 0.105. The maximum Gasteiger partial charge on any atom is 0.258 e. The molecule has 0 aliphatic carbocycles. The summed E-state index contributed by atoms with van der Waals surface area (Å²) in [5.74, 6) is -1.52. The van der Waals surface area contributed by atoms with Crippen molar-refractivity contribution in [2.24, 2.45) is 0 Å². The van der Waals surface area contributed by atoms with Gasteiger partial charge in [0.1, 0.15) is 17.4 Å². The molecule has 0 saturated carbocycles. The Labute approximate surface area is 138 Å². The van der Waals surface area contributed by atoms with Gasteiger partial charge in [0.15, 0.2) is 0 Å². The van der Waals surface area contributed by atoms with Gasteiger partial charge >= 0.3 is 0 Å². The molecule has 0 saturated heterocycles. The van der Waals surface area contributed by atoms with Crippen LogP contribution in [0, 0.1) is 18.6 Å². The van der Waals surface area contributed by atoms with Gasteiger partial charge in [0.25, 0.3) is 5.91 Å². The van der Waals surface area contributed by atoms with Crippen molar-refractivity contribution in [3.8, 4) is 0 Å². The van der Waals surface area contributed by atoms with Crippen molar-refractivity contribution >= 4 is 11.6 Å². The number of halogens is 2. The van der Waals surface area contributed by atoms with Gasteiger partial charge in [-0.25, -0.2) is 8.78 Å². The van der Waals surface area contributed by atoms with Crippen LogP contribution in [0.15, 0.2) is 65.3 Å². The van der Waals surface area contributed by atoms with Gasteiger partial charge in [0, 0.05) is 17.3 Å². The first kappa shape index (κ1) is 15.9. The van der Waals surface area contributed by atoms with Crippen molar-refractivity contribution in [3.63, 3.8) is 0 Å². The molecule has 3 aromatic rings. The molecular formula is C19H15F2NO2. The highest BCUT2D eigenvalue weighted by molar-refractivity contribution is 6.06. The second-order valence-electron chi connectivity index (χ2n) is 5.46. The van der Waals surface area contributed by atoms with E-state index < -0.39 is 17.5 Å². The zero-order valence-electron chi connectivity index (χ0n) is 13.0. The number of hydrogen-bond acceptors (Lipinski definition) is 2. The van der Waals surface area contributed by atoms with Gasteiger partial charge in [0.05, 0.1) is 12.8 Å². The summed E-state index contributed by atoms with van der Waals surface area (Å²) in [5.41, 5.74) is 1.60. The van der Waals surface area contributed by atoms with Crippen LogP contribution < -0.4 is 4.90 Å². The predicted molar refractivity (Wildman–Crippen MR) is 86.8 cm³/mol. The summed E-state index contributed by atoms with van der Waals surface area (Å²) >= 11 is 0. The molecule has 0 radical (unpaired) electrons. The number of hydrogen-bond donors (Lipinski definition) is 0. The molecule has 2 aromatic carbocycles. The van der Waals surface area contributed by atoms with E-state index >= 15 is 0 Å². The fourth-order valence-electron chi connectivity index (χ4n) is 2.40. The molecule has 0 fully saturated rings. The molecule has 0 aliphatic rings. The largest absolute Gasteiger partial charge is 0.467 e. The standard InChI is InChI=1S/C19H15F2NO2/c1-13-4-6-17(7-5-13)22(12-18-3-2-8-24-18)19(23)14-9-15(20)11-16(21)10-14/h2-11H,12H2,1H3. The van der Waals surface area contributed by atoms with E-state index in [-0.39, 0.29) is 12.1 Å². The lowest BCUT2D eigenvalue weighted by atomic mass is 10.1. The minimum atomic E-state index is -0.791. The Bertz CT molecular complexity index is 822. The molecule has 0 spiro atoms. The number of carbonyl (C=O) groups is 1. The zero-order valence-corrected chi connectivity index (χ0v) is 13.0. The second-order valence-corrected chi connectivity index (χ2v) is 5.46. The smallest absolute Gasteiger partial charge is 0.258 e.